The number of piperazine rings is 1. The first kappa shape index (κ1) is 27.1. The van der Waals surface area contributed by atoms with Gasteiger partial charge in [-0.2, -0.15) is 0 Å². The van der Waals surface area contributed by atoms with Gasteiger partial charge in [0, 0.05) is 44.4 Å². The number of sulfonamides is 1. The Hall–Kier alpha value is -4.92. The van der Waals surface area contributed by atoms with E-state index in [0.717, 1.165) is 30.3 Å². The van der Waals surface area contributed by atoms with Crippen LogP contribution >= 0.6 is 0 Å². The molecule has 2 amide bonds. The summed E-state index contributed by atoms with van der Waals surface area (Å²) in [6.07, 6.45) is 1.39. The SMILES string of the molecule is O=C(OCC(=O)N1CCN(C(=O)c2ccco2)CC1)c1ccc(NS(=O)(=O)c2cccc([N+](=O)[O-])c2)cc1O. The van der Waals surface area contributed by atoms with Crippen molar-refractivity contribution >= 4 is 39.2 Å². The van der Waals surface area contributed by atoms with Gasteiger partial charge in [-0.3, -0.25) is 24.4 Å². The number of hydrogen-bond donors (Lipinski definition) is 2. The highest BCUT2D eigenvalue weighted by Crippen LogP contribution is 2.26. The van der Waals surface area contributed by atoms with E-state index in [2.05, 4.69) is 4.72 Å². The largest absolute Gasteiger partial charge is 0.507 e. The summed E-state index contributed by atoms with van der Waals surface area (Å²) in [5.74, 6) is -2.21. The maximum Gasteiger partial charge on any atom is 0.342 e. The number of amides is 2. The number of nitrogens with one attached hydrogen (secondary N) is 1. The quantitative estimate of drug-likeness (QED) is 0.234. The molecule has 0 aliphatic carbocycles. The molecule has 1 fully saturated rings. The molecule has 1 saturated heterocycles. The summed E-state index contributed by atoms with van der Waals surface area (Å²) < 4.78 is 37.4. The van der Waals surface area contributed by atoms with Crippen molar-refractivity contribution in [3.05, 3.63) is 82.3 Å². The number of furan rings is 1. The molecule has 2 N–H and O–H groups in total. The number of nitrogens with zero attached hydrogens (tertiary/aromatic N) is 3. The van der Waals surface area contributed by atoms with Crippen molar-refractivity contribution in [1.29, 1.82) is 0 Å². The van der Waals surface area contributed by atoms with Crippen molar-refractivity contribution in [2.45, 2.75) is 4.90 Å². The zero-order chi connectivity index (χ0) is 28.2. The van der Waals surface area contributed by atoms with Gasteiger partial charge in [0.1, 0.15) is 11.3 Å². The number of anilines is 1. The average Bonchev–Trinajstić information content (AvgIpc) is 3.46. The van der Waals surface area contributed by atoms with Gasteiger partial charge in [0.2, 0.25) is 0 Å². The second-order valence-electron chi connectivity index (χ2n) is 8.32. The molecule has 0 atom stereocenters. The van der Waals surface area contributed by atoms with Crippen molar-refractivity contribution in [2.75, 3.05) is 37.5 Å². The number of aromatic hydroxyl groups is 1. The molecular formula is C24H22N4O10S. The van der Waals surface area contributed by atoms with Crippen molar-refractivity contribution in [3.63, 3.8) is 0 Å². The summed E-state index contributed by atoms with van der Waals surface area (Å²) in [4.78, 5) is 50.0. The third-order valence-corrected chi connectivity index (χ3v) is 7.17. The number of rotatable bonds is 8. The Morgan fingerprint density at radius 2 is 1.74 bits per heavy atom. The van der Waals surface area contributed by atoms with E-state index in [1.54, 1.807) is 17.0 Å². The average molecular weight is 559 g/mol. The molecule has 15 heteroatoms. The zero-order valence-corrected chi connectivity index (χ0v) is 21.0. The molecule has 0 saturated carbocycles. The molecule has 2 aromatic carbocycles. The van der Waals surface area contributed by atoms with E-state index in [1.165, 1.54) is 23.3 Å². The molecule has 2 heterocycles. The first-order chi connectivity index (χ1) is 18.5. The third-order valence-electron chi connectivity index (χ3n) is 5.79. The molecule has 0 spiro atoms. The number of ether oxygens (including phenoxy) is 1. The van der Waals surface area contributed by atoms with Crippen LogP contribution in [0.1, 0.15) is 20.9 Å². The van der Waals surface area contributed by atoms with Crippen molar-refractivity contribution in [1.82, 2.24) is 9.80 Å². The van der Waals surface area contributed by atoms with Crippen molar-refractivity contribution in [3.8, 4) is 5.75 Å². The molecule has 39 heavy (non-hydrogen) atoms. The molecule has 14 nitrogen and oxygen atoms in total. The molecule has 1 aliphatic heterocycles. The monoisotopic (exact) mass is 558 g/mol. The summed E-state index contributed by atoms with van der Waals surface area (Å²) in [6.45, 7) is 0.397. The van der Waals surface area contributed by atoms with Crippen LogP contribution in [0.4, 0.5) is 11.4 Å². The van der Waals surface area contributed by atoms with Crippen molar-refractivity contribution < 1.29 is 42.0 Å². The van der Waals surface area contributed by atoms with Crippen LogP contribution in [0.2, 0.25) is 0 Å². The van der Waals surface area contributed by atoms with E-state index in [4.69, 9.17) is 9.15 Å². The standard InChI is InChI=1S/C24H22N4O10S/c29-20-13-16(25-39(35,36)18-4-1-3-17(14-18)28(33)34)6-7-19(20)24(32)38-15-22(30)26-8-10-27(11-9-26)23(31)21-5-2-12-37-21/h1-7,12-14,25,29H,8-11,15H2. The van der Waals surface area contributed by atoms with Crippen LogP contribution < -0.4 is 4.72 Å². The van der Waals surface area contributed by atoms with Crippen LogP contribution in [0.15, 0.2) is 70.2 Å². The Balaban J connectivity index is 1.31. The van der Waals surface area contributed by atoms with Crippen LogP contribution in [-0.2, 0) is 19.6 Å². The number of esters is 1. The van der Waals surface area contributed by atoms with E-state index in [-0.39, 0.29) is 54.0 Å². The van der Waals surface area contributed by atoms with E-state index < -0.39 is 44.9 Å². The lowest BCUT2D eigenvalue weighted by Crippen LogP contribution is -2.51. The topological polar surface area (TPSA) is 190 Å². The van der Waals surface area contributed by atoms with Crippen molar-refractivity contribution in [2.24, 2.45) is 0 Å². The van der Waals surface area contributed by atoms with Crippen LogP contribution in [0.5, 0.6) is 5.75 Å². The van der Waals surface area contributed by atoms with Gasteiger partial charge in [0.05, 0.1) is 21.8 Å². The molecule has 0 unspecified atom stereocenters. The normalized spacial score (nSPS) is 13.5. The molecule has 0 radical (unpaired) electrons. The highest BCUT2D eigenvalue weighted by atomic mass is 32.2. The van der Waals surface area contributed by atoms with E-state index in [9.17, 15) is 38.0 Å². The van der Waals surface area contributed by atoms with Crippen LogP contribution in [0, 0.1) is 10.1 Å². The number of non-ortho nitro benzene ring substituents is 1. The van der Waals surface area contributed by atoms with E-state index in [1.807, 2.05) is 0 Å². The second kappa shape index (κ2) is 11.2. The lowest BCUT2D eigenvalue weighted by molar-refractivity contribution is -0.385. The number of carbonyl (C=O) groups excluding carboxylic acids is 3. The minimum absolute atomic E-state index is 0.117. The lowest BCUT2D eigenvalue weighted by Gasteiger charge is -2.34. The fraction of sp³-hybridized carbons (Fsp3) is 0.208. The molecule has 3 aromatic rings. The summed E-state index contributed by atoms with van der Waals surface area (Å²) in [5, 5.41) is 21.2. The molecule has 1 aromatic heterocycles. The maximum absolute atomic E-state index is 12.6. The summed E-state index contributed by atoms with van der Waals surface area (Å²) >= 11 is 0. The van der Waals surface area contributed by atoms with E-state index >= 15 is 0 Å². The van der Waals surface area contributed by atoms with Gasteiger partial charge in [-0.25, -0.2) is 13.2 Å². The fourth-order valence-corrected chi connectivity index (χ4v) is 4.85. The lowest BCUT2D eigenvalue weighted by atomic mass is 10.2. The Bertz CT molecular complexity index is 1510. The molecule has 0 bridgehead atoms. The van der Waals surface area contributed by atoms with Gasteiger partial charge in [0.25, 0.3) is 27.5 Å². The smallest absolute Gasteiger partial charge is 0.342 e. The minimum Gasteiger partial charge on any atom is -0.507 e. The van der Waals surface area contributed by atoms with Gasteiger partial charge in [-0.1, -0.05) is 6.07 Å². The molecule has 4 rings (SSSR count). The maximum atomic E-state index is 12.6. The summed E-state index contributed by atoms with van der Waals surface area (Å²) in [5.41, 5.74) is -0.846. The first-order valence-corrected chi connectivity index (χ1v) is 12.9. The number of nitro groups is 1. The number of hydrogen-bond acceptors (Lipinski definition) is 10. The molecular weight excluding hydrogens is 536 g/mol. The van der Waals surface area contributed by atoms with Crippen LogP contribution in [-0.4, -0.2) is 78.8 Å². The van der Waals surface area contributed by atoms with Gasteiger partial charge in [0.15, 0.2) is 12.4 Å². The van der Waals surface area contributed by atoms with Gasteiger partial charge < -0.3 is 24.1 Å². The third kappa shape index (κ3) is 6.32. The number of carbonyl (C=O) groups is 3. The first-order valence-electron chi connectivity index (χ1n) is 11.4. The Kier molecular flexibility index (Phi) is 7.80. The Morgan fingerprint density at radius 1 is 1.03 bits per heavy atom. The second-order valence-corrected chi connectivity index (χ2v) is 10.0. The summed E-state index contributed by atoms with van der Waals surface area (Å²) in [6, 6.07) is 10.8. The van der Waals surface area contributed by atoms with Crippen LogP contribution in [0.3, 0.4) is 0 Å². The number of phenolic OH excluding ortho intramolecular Hbond substituents is 1. The van der Waals surface area contributed by atoms with Gasteiger partial charge in [-0.15, -0.1) is 0 Å². The predicted octanol–water partition coefficient (Wildman–Crippen LogP) is 1.84. The minimum atomic E-state index is -4.24. The highest BCUT2D eigenvalue weighted by Gasteiger charge is 2.27. The number of benzene rings is 2. The van der Waals surface area contributed by atoms with Gasteiger partial charge in [-0.05, 0) is 30.3 Å². The van der Waals surface area contributed by atoms with Gasteiger partial charge >= 0.3 is 5.97 Å². The zero-order valence-electron chi connectivity index (χ0n) is 20.2. The fourth-order valence-electron chi connectivity index (χ4n) is 3.76. The Morgan fingerprint density at radius 3 is 2.38 bits per heavy atom. The highest BCUT2D eigenvalue weighted by molar-refractivity contribution is 7.92. The molecule has 204 valence electrons. The predicted molar refractivity (Wildman–Crippen MR) is 133 cm³/mol. The Labute approximate surface area is 221 Å². The molecule has 1 aliphatic rings. The number of phenols is 1. The summed E-state index contributed by atoms with van der Waals surface area (Å²) in [7, 11) is -4.24. The number of nitro benzene ring substituents is 1. The van der Waals surface area contributed by atoms with Crippen LogP contribution in [0.25, 0.3) is 0 Å². The van der Waals surface area contributed by atoms with E-state index in [0.29, 0.717) is 0 Å².